The van der Waals surface area contributed by atoms with E-state index < -0.39 is 0 Å². The largest absolute Gasteiger partial charge is 0.354 e. The first-order valence-corrected chi connectivity index (χ1v) is 11.1. The number of hydrogen-bond acceptors (Lipinski definition) is 5. The van der Waals surface area contributed by atoms with E-state index in [2.05, 4.69) is 71.2 Å². The lowest BCUT2D eigenvalue weighted by atomic mass is 10.1. The van der Waals surface area contributed by atoms with Gasteiger partial charge in [0.1, 0.15) is 11.6 Å². The lowest BCUT2D eigenvalue weighted by Gasteiger charge is -2.35. The number of aromatic nitrogens is 2. The van der Waals surface area contributed by atoms with Crippen LogP contribution in [-0.4, -0.2) is 53.5 Å². The van der Waals surface area contributed by atoms with E-state index in [1.807, 2.05) is 13.8 Å². The minimum absolute atomic E-state index is 0.0168. The molecule has 30 heavy (non-hydrogen) atoms. The van der Waals surface area contributed by atoms with E-state index >= 15 is 0 Å². The number of piperazine rings is 1. The predicted molar refractivity (Wildman–Crippen MR) is 122 cm³/mol. The van der Waals surface area contributed by atoms with Gasteiger partial charge in [-0.3, -0.25) is 9.69 Å². The Balaban J connectivity index is 1.50. The van der Waals surface area contributed by atoms with Gasteiger partial charge in [0, 0.05) is 43.9 Å². The molecule has 1 aliphatic heterocycles. The van der Waals surface area contributed by atoms with Crippen LogP contribution in [0.25, 0.3) is 0 Å². The molecule has 1 aromatic heterocycles. The average molecular weight is 410 g/mol. The SMILES string of the molecule is CCc1ccc([C@H](C)NC(=O)CN2CCN(c3cc(C)nc(C(C)C)n3)CC2)cc1. The van der Waals surface area contributed by atoms with E-state index in [1.54, 1.807) is 0 Å². The van der Waals surface area contributed by atoms with Crippen molar-refractivity contribution in [3.05, 3.63) is 53.0 Å². The molecule has 6 heteroatoms. The van der Waals surface area contributed by atoms with Crippen molar-refractivity contribution in [2.45, 2.75) is 53.0 Å². The molecule has 3 rings (SSSR count). The highest BCUT2D eigenvalue weighted by Gasteiger charge is 2.21. The second kappa shape index (κ2) is 10.0. The molecular formula is C24H35N5O. The van der Waals surface area contributed by atoms with Gasteiger partial charge in [-0.2, -0.15) is 0 Å². The number of rotatable bonds is 7. The lowest BCUT2D eigenvalue weighted by molar-refractivity contribution is -0.123. The maximum atomic E-state index is 12.5. The molecule has 0 spiro atoms. The Bertz CT molecular complexity index is 841. The molecule has 1 amide bonds. The van der Waals surface area contributed by atoms with Gasteiger partial charge in [-0.1, -0.05) is 45.0 Å². The molecule has 2 aromatic rings. The molecule has 0 unspecified atom stereocenters. The highest BCUT2D eigenvalue weighted by Crippen LogP contribution is 2.19. The third kappa shape index (κ3) is 5.79. The molecule has 1 atom stereocenters. The van der Waals surface area contributed by atoms with E-state index in [1.165, 1.54) is 5.56 Å². The summed E-state index contributed by atoms with van der Waals surface area (Å²) in [6, 6.07) is 10.6. The van der Waals surface area contributed by atoms with Crippen molar-refractivity contribution in [2.24, 2.45) is 0 Å². The molecule has 162 valence electrons. The van der Waals surface area contributed by atoms with Crippen molar-refractivity contribution >= 4 is 11.7 Å². The zero-order chi connectivity index (χ0) is 21.7. The zero-order valence-corrected chi connectivity index (χ0v) is 19.0. The fourth-order valence-electron chi connectivity index (χ4n) is 3.75. The second-order valence-electron chi connectivity index (χ2n) is 8.53. The van der Waals surface area contributed by atoms with E-state index in [-0.39, 0.29) is 11.9 Å². The van der Waals surface area contributed by atoms with Gasteiger partial charge in [0.15, 0.2) is 0 Å². The maximum absolute atomic E-state index is 12.5. The van der Waals surface area contributed by atoms with Crippen LogP contribution in [-0.2, 0) is 11.2 Å². The van der Waals surface area contributed by atoms with Gasteiger partial charge < -0.3 is 10.2 Å². The van der Waals surface area contributed by atoms with Crippen molar-refractivity contribution in [1.29, 1.82) is 0 Å². The van der Waals surface area contributed by atoms with Gasteiger partial charge >= 0.3 is 0 Å². The summed E-state index contributed by atoms with van der Waals surface area (Å²) in [5.74, 6) is 2.29. The van der Waals surface area contributed by atoms with Crippen LogP contribution >= 0.6 is 0 Å². The first kappa shape index (κ1) is 22.2. The number of nitrogens with zero attached hydrogens (tertiary/aromatic N) is 4. The van der Waals surface area contributed by atoms with Crippen molar-refractivity contribution < 1.29 is 4.79 Å². The third-order valence-electron chi connectivity index (χ3n) is 5.70. The first-order chi connectivity index (χ1) is 14.4. The highest BCUT2D eigenvalue weighted by molar-refractivity contribution is 5.78. The number of amides is 1. The van der Waals surface area contributed by atoms with Crippen molar-refractivity contribution in [3.8, 4) is 0 Å². The fraction of sp³-hybridized carbons (Fsp3) is 0.542. The zero-order valence-electron chi connectivity index (χ0n) is 19.0. The topological polar surface area (TPSA) is 61.4 Å². The third-order valence-corrected chi connectivity index (χ3v) is 5.70. The Hall–Kier alpha value is -2.47. The van der Waals surface area contributed by atoms with Crippen LogP contribution < -0.4 is 10.2 Å². The minimum atomic E-state index is 0.0168. The molecule has 0 aliphatic carbocycles. The van der Waals surface area contributed by atoms with Crippen LogP contribution in [0.3, 0.4) is 0 Å². The minimum Gasteiger partial charge on any atom is -0.354 e. The fourth-order valence-corrected chi connectivity index (χ4v) is 3.75. The number of aryl methyl sites for hydroxylation is 2. The van der Waals surface area contributed by atoms with Gasteiger partial charge in [0.2, 0.25) is 5.91 Å². The van der Waals surface area contributed by atoms with Crippen LogP contribution in [0.15, 0.2) is 30.3 Å². The van der Waals surface area contributed by atoms with Crippen LogP contribution in [0.1, 0.15) is 62.3 Å². The molecule has 6 nitrogen and oxygen atoms in total. The van der Waals surface area contributed by atoms with Crippen molar-refractivity contribution in [3.63, 3.8) is 0 Å². The summed E-state index contributed by atoms with van der Waals surface area (Å²) in [5, 5.41) is 3.14. The second-order valence-corrected chi connectivity index (χ2v) is 8.53. The summed E-state index contributed by atoms with van der Waals surface area (Å²) in [6.07, 6.45) is 1.03. The maximum Gasteiger partial charge on any atom is 0.234 e. The van der Waals surface area contributed by atoms with Crippen molar-refractivity contribution in [1.82, 2.24) is 20.2 Å². The van der Waals surface area contributed by atoms with E-state index in [0.717, 1.165) is 55.5 Å². The van der Waals surface area contributed by atoms with Gasteiger partial charge in [0.05, 0.1) is 12.6 Å². The molecule has 0 bridgehead atoms. The Morgan fingerprint density at radius 2 is 1.73 bits per heavy atom. The van der Waals surface area contributed by atoms with Gasteiger partial charge in [-0.05, 0) is 31.4 Å². The lowest BCUT2D eigenvalue weighted by Crippen LogP contribution is -2.50. The summed E-state index contributed by atoms with van der Waals surface area (Å²) in [5.41, 5.74) is 3.46. The number of nitrogens with one attached hydrogen (secondary N) is 1. The molecular weight excluding hydrogens is 374 g/mol. The van der Waals surface area contributed by atoms with Gasteiger partial charge in [-0.25, -0.2) is 9.97 Å². The number of hydrogen-bond donors (Lipinski definition) is 1. The van der Waals surface area contributed by atoms with E-state index in [4.69, 9.17) is 4.98 Å². The molecule has 1 N–H and O–H groups in total. The van der Waals surface area contributed by atoms with Crippen molar-refractivity contribution in [2.75, 3.05) is 37.6 Å². The molecule has 1 saturated heterocycles. The predicted octanol–water partition coefficient (Wildman–Crippen LogP) is 3.47. The monoisotopic (exact) mass is 409 g/mol. The summed E-state index contributed by atoms with van der Waals surface area (Å²) in [4.78, 5) is 26.4. The summed E-state index contributed by atoms with van der Waals surface area (Å²) >= 11 is 0. The van der Waals surface area contributed by atoms with Crippen LogP contribution in [0.4, 0.5) is 5.82 Å². The Morgan fingerprint density at radius 3 is 2.33 bits per heavy atom. The number of benzene rings is 1. The normalized spacial score (nSPS) is 16.0. The first-order valence-electron chi connectivity index (χ1n) is 11.1. The molecule has 1 aromatic carbocycles. The summed E-state index contributed by atoms with van der Waals surface area (Å²) in [7, 11) is 0. The Kier molecular flexibility index (Phi) is 7.43. The molecule has 2 heterocycles. The molecule has 0 saturated carbocycles. The quantitative estimate of drug-likeness (QED) is 0.759. The summed E-state index contributed by atoms with van der Waals surface area (Å²) < 4.78 is 0. The Labute approximate surface area is 180 Å². The number of anilines is 1. The van der Waals surface area contributed by atoms with Crippen LogP contribution in [0.2, 0.25) is 0 Å². The van der Waals surface area contributed by atoms with Crippen LogP contribution in [0, 0.1) is 6.92 Å². The average Bonchev–Trinajstić information content (AvgIpc) is 2.73. The van der Waals surface area contributed by atoms with Crippen LogP contribution in [0.5, 0.6) is 0 Å². The van der Waals surface area contributed by atoms with Gasteiger partial charge in [0.25, 0.3) is 0 Å². The molecule has 1 fully saturated rings. The highest BCUT2D eigenvalue weighted by atomic mass is 16.2. The number of carbonyl (C=O) groups is 1. The van der Waals surface area contributed by atoms with E-state index in [0.29, 0.717) is 12.5 Å². The van der Waals surface area contributed by atoms with E-state index in [9.17, 15) is 4.79 Å². The Morgan fingerprint density at radius 1 is 1.07 bits per heavy atom. The smallest absolute Gasteiger partial charge is 0.234 e. The van der Waals surface area contributed by atoms with Gasteiger partial charge in [-0.15, -0.1) is 0 Å². The summed E-state index contributed by atoms with van der Waals surface area (Å²) in [6.45, 7) is 14.3. The molecule has 1 aliphatic rings. The number of carbonyl (C=O) groups excluding carboxylic acids is 1. The standard InChI is InChI=1S/C24H35N5O/c1-6-20-7-9-21(10-8-20)19(5)26-23(30)16-28-11-13-29(14-12-28)22-15-18(4)25-24(27-22)17(2)3/h7-10,15,17,19H,6,11-14,16H2,1-5H3,(H,26,30)/t19-/m0/s1. The molecule has 0 radical (unpaired) electrons.